The van der Waals surface area contributed by atoms with Gasteiger partial charge in [0, 0.05) is 31.7 Å². The Balaban J connectivity index is 1.24. The molecule has 29 heavy (non-hydrogen) atoms. The van der Waals surface area contributed by atoms with Crippen molar-refractivity contribution in [3.05, 3.63) is 65.2 Å². The Bertz CT molecular complexity index is 997. The number of allylic oxidation sites excluding steroid dienone is 1. The first-order valence-corrected chi connectivity index (χ1v) is 10.2. The first-order chi connectivity index (χ1) is 14.0. The van der Waals surface area contributed by atoms with Crippen LogP contribution in [0.5, 0.6) is 0 Å². The zero-order valence-electron chi connectivity index (χ0n) is 16.3. The first kappa shape index (κ1) is 18.1. The lowest BCUT2D eigenvalue weighted by Crippen LogP contribution is -2.53. The molecule has 0 spiro atoms. The number of benzene rings is 2. The highest BCUT2D eigenvalue weighted by molar-refractivity contribution is 5.95. The minimum absolute atomic E-state index is 0.00864. The Labute approximate surface area is 170 Å². The SMILES string of the molecule is O=C(c1ccc(-c2ccc3c(c2)C=CC3)cc1)N1CCN(C(=O)C2(O)CC2)CC1. The Hall–Kier alpha value is -2.92. The van der Waals surface area contributed by atoms with Crippen molar-refractivity contribution in [3.8, 4) is 11.1 Å². The molecule has 0 aromatic heterocycles. The third kappa shape index (κ3) is 3.36. The molecule has 148 valence electrons. The Morgan fingerprint density at radius 3 is 2.21 bits per heavy atom. The van der Waals surface area contributed by atoms with E-state index in [0.29, 0.717) is 44.6 Å². The summed E-state index contributed by atoms with van der Waals surface area (Å²) in [6.07, 6.45) is 6.44. The molecular formula is C24H24N2O3. The van der Waals surface area contributed by atoms with Gasteiger partial charge in [-0.15, -0.1) is 0 Å². The maximum atomic E-state index is 12.9. The fraction of sp³-hybridized carbons (Fsp3) is 0.333. The van der Waals surface area contributed by atoms with E-state index in [1.54, 1.807) is 9.80 Å². The molecule has 1 saturated carbocycles. The molecule has 0 radical (unpaired) electrons. The molecule has 3 aliphatic rings. The lowest BCUT2D eigenvalue weighted by atomic mass is 9.99. The standard InChI is InChI=1S/C24H24N2O3/c27-22(25-12-14-26(15-13-25)23(28)24(29)10-11-24)19-7-4-18(5-8-19)21-9-6-17-2-1-3-20(17)16-21/h1,3-9,16,29H,2,10-15H2. The number of carbonyl (C=O) groups is 2. The Morgan fingerprint density at radius 2 is 1.52 bits per heavy atom. The van der Waals surface area contributed by atoms with Gasteiger partial charge in [0.2, 0.25) is 0 Å². The van der Waals surface area contributed by atoms with Crippen LogP contribution < -0.4 is 0 Å². The largest absolute Gasteiger partial charge is 0.380 e. The van der Waals surface area contributed by atoms with Gasteiger partial charge >= 0.3 is 0 Å². The van der Waals surface area contributed by atoms with Gasteiger partial charge in [-0.05, 0) is 59.7 Å². The second-order valence-corrected chi connectivity index (χ2v) is 8.21. The maximum Gasteiger partial charge on any atom is 0.254 e. The van der Waals surface area contributed by atoms with Gasteiger partial charge in [-0.1, -0.05) is 36.4 Å². The van der Waals surface area contributed by atoms with Crippen LogP contribution in [0.3, 0.4) is 0 Å². The van der Waals surface area contributed by atoms with Crippen LogP contribution in [-0.4, -0.2) is 58.5 Å². The molecule has 5 rings (SSSR count). The average Bonchev–Trinajstić information content (AvgIpc) is 3.34. The fourth-order valence-corrected chi connectivity index (χ4v) is 4.16. The van der Waals surface area contributed by atoms with Gasteiger partial charge in [0.1, 0.15) is 5.60 Å². The van der Waals surface area contributed by atoms with Crippen LogP contribution in [0.25, 0.3) is 17.2 Å². The number of amides is 2. The van der Waals surface area contributed by atoms with Crippen LogP contribution in [0, 0.1) is 0 Å². The summed E-state index contributed by atoms with van der Waals surface area (Å²) < 4.78 is 0. The van der Waals surface area contributed by atoms with Gasteiger partial charge in [0.15, 0.2) is 0 Å². The molecule has 5 nitrogen and oxygen atoms in total. The van der Waals surface area contributed by atoms with E-state index in [1.807, 2.05) is 24.3 Å². The summed E-state index contributed by atoms with van der Waals surface area (Å²) in [4.78, 5) is 28.6. The molecular weight excluding hydrogens is 364 g/mol. The topological polar surface area (TPSA) is 60.9 Å². The molecule has 2 fully saturated rings. The normalized spacial score (nSPS) is 19.2. The van der Waals surface area contributed by atoms with Crippen LogP contribution in [-0.2, 0) is 11.2 Å². The first-order valence-electron chi connectivity index (χ1n) is 10.2. The predicted octanol–water partition coefficient (Wildman–Crippen LogP) is 2.73. The van der Waals surface area contributed by atoms with Crippen LogP contribution in [0.1, 0.15) is 34.3 Å². The van der Waals surface area contributed by atoms with Crippen LogP contribution >= 0.6 is 0 Å². The Morgan fingerprint density at radius 1 is 0.862 bits per heavy atom. The van der Waals surface area contributed by atoms with E-state index >= 15 is 0 Å². The highest BCUT2D eigenvalue weighted by Crippen LogP contribution is 2.37. The van der Waals surface area contributed by atoms with Gasteiger partial charge in [-0.25, -0.2) is 0 Å². The molecule has 0 atom stereocenters. The monoisotopic (exact) mass is 388 g/mol. The van der Waals surface area contributed by atoms with Crippen molar-refractivity contribution < 1.29 is 14.7 Å². The van der Waals surface area contributed by atoms with E-state index in [1.165, 1.54) is 11.1 Å². The van der Waals surface area contributed by atoms with E-state index < -0.39 is 5.60 Å². The molecule has 2 aromatic carbocycles. The molecule has 0 unspecified atom stereocenters. The smallest absolute Gasteiger partial charge is 0.254 e. The van der Waals surface area contributed by atoms with Crippen molar-refractivity contribution in [3.63, 3.8) is 0 Å². The van der Waals surface area contributed by atoms with Crippen molar-refractivity contribution in [1.82, 2.24) is 9.80 Å². The summed E-state index contributed by atoms with van der Waals surface area (Å²) >= 11 is 0. The number of aliphatic hydroxyl groups is 1. The van der Waals surface area contributed by atoms with Gasteiger partial charge in [-0.3, -0.25) is 9.59 Å². The number of hydrogen-bond donors (Lipinski definition) is 1. The summed E-state index contributed by atoms with van der Waals surface area (Å²) in [5.74, 6) is -0.191. The molecule has 2 amide bonds. The van der Waals surface area contributed by atoms with Crippen molar-refractivity contribution in [2.45, 2.75) is 24.9 Å². The second kappa shape index (κ2) is 6.85. The van der Waals surface area contributed by atoms with E-state index in [2.05, 4.69) is 30.4 Å². The van der Waals surface area contributed by atoms with E-state index in [0.717, 1.165) is 17.5 Å². The summed E-state index contributed by atoms with van der Waals surface area (Å²) in [7, 11) is 0. The highest BCUT2D eigenvalue weighted by atomic mass is 16.3. The van der Waals surface area contributed by atoms with E-state index in [4.69, 9.17) is 0 Å². The summed E-state index contributed by atoms with van der Waals surface area (Å²) in [5.41, 5.74) is 4.40. The minimum atomic E-state index is -1.13. The lowest BCUT2D eigenvalue weighted by Gasteiger charge is -2.35. The zero-order valence-corrected chi connectivity index (χ0v) is 16.3. The fourth-order valence-electron chi connectivity index (χ4n) is 4.16. The number of piperazine rings is 1. The van der Waals surface area contributed by atoms with Crippen LogP contribution in [0.2, 0.25) is 0 Å². The van der Waals surface area contributed by atoms with Crippen LogP contribution in [0.15, 0.2) is 48.5 Å². The maximum absolute atomic E-state index is 12.9. The number of fused-ring (bicyclic) bond motifs is 1. The second-order valence-electron chi connectivity index (χ2n) is 8.21. The number of rotatable bonds is 3. The molecule has 1 saturated heterocycles. The van der Waals surface area contributed by atoms with Crippen molar-refractivity contribution >= 4 is 17.9 Å². The predicted molar refractivity (Wildman–Crippen MR) is 111 cm³/mol. The van der Waals surface area contributed by atoms with Gasteiger partial charge < -0.3 is 14.9 Å². The minimum Gasteiger partial charge on any atom is -0.380 e. The summed E-state index contributed by atoms with van der Waals surface area (Å²) in [5, 5.41) is 10.00. The summed E-state index contributed by atoms with van der Waals surface area (Å²) in [6.45, 7) is 1.96. The molecule has 2 aliphatic carbocycles. The average molecular weight is 388 g/mol. The van der Waals surface area contributed by atoms with Gasteiger partial charge in [0.25, 0.3) is 11.8 Å². The number of nitrogens with zero attached hydrogens (tertiary/aromatic N) is 2. The van der Waals surface area contributed by atoms with E-state index in [9.17, 15) is 14.7 Å². The molecule has 0 bridgehead atoms. The zero-order chi connectivity index (χ0) is 20.0. The third-order valence-electron chi connectivity index (χ3n) is 6.22. The van der Waals surface area contributed by atoms with Gasteiger partial charge in [0.05, 0.1) is 0 Å². The van der Waals surface area contributed by atoms with Crippen molar-refractivity contribution in [2.75, 3.05) is 26.2 Å². The van der Waals surface area contributed by atoms with Crippen molar-refractivity contribution in [2.24, 2.45) is 0 Å². The molecule has 1 N–H and O–H groups in total. The molecule has 5 heteroatoms. The third-order valence-corrected chi connectivity index (χ3v) is 6.22. The van der Waals surface area contributed by atoms with Gasteiger partial charge in [-0.2, -0.15) is 0 Å². The summed E-state index contributed by atoms with van der Waals surface area (Å²) in [6, 6.07) is 14.2. The Kier molecular flexibility index (Phi) is 4.28. The van der Waals surface area contributed by atoms with E-state index in [-0.39, 0.29) is 11.8 Å². The number of carbonyl (C=O) groups excluding carboxylic acids is 2. The lowest BCUT2D eigenvalue weighted by molar-refractivity contribution is -0.143. The van der Waals surface area contributed by atoms with Crippen LogP contribution in [0.4, 0.5) is 0 Å². The van der Waals surface area contributed by atoms with Crippen molar-refractivity contribution in [1.29, 1.82) is 0 Å². The highest BCUT2D eigenvalue weighted by Gasteiger charge is 2.50. The number of hydrogen-bond acceptors (Lipinski definition) is 3. The molecule has 1 aliphatic heterocycles. The quantitative estimate of drug-likeness (QED) is 0.880. The molecule has 2 aromatic rings. The molecule has 1 heterocycles.